The maximum Gasteiger partial charge on any atom is 0.0725 e. The molecule has 3 rings (SSSR count). The van der Waals surface area contributed by atoms with Crippen molar-refractivity contribution in [2.75, 3.05) is 5.32 Å². The van der Waals surface area contributed by atoms with Gasteiger partial charge in [-0.3, -0.25) is 4.98 Å². The minimum Gasteiger partial charge on any atom is -0.375 e. The van der Waals surface area contributed by atoms with Gasteiger partial charge in [-0.1, -0.05) is 48.5 Å². The summed E-state index contributed by atoms with van der Waals surface area (Å²) in [6, 6.07) is 24.8. The van der Waals surface area contributed by atoms with Crippen molar-refractivity contribution in [3.63, 3.8) is 0 Å². The summed E-state index contributed by atoms with van der Waals surface area (Å²) in [7, 11) is 0. The van der Waals surface area contributed by atoms with Gasteiger partial charge >= 0.3 is 0 Å². The lowest BCUT2D eigenvalue weighted by molar-refractivity contribution is 0.740. The molecule has 23 heavy (non-hydrogen) atoms. The Morgan fingerprint density at radius 3 is 2.39 bits per heavy atom. The summed E-state index contributed by atoms with van der Waals surface area (Å²) in [5, 5.41) is 3.60. The van der Waals surface area contributed by atoms with Gasteiger partial charge in [0.25, 0.3) is 0 Å². The number of nitrogens with one attached hydrogen (secondary N) is 1. The molecular weight excluding hydrogens is 300 g/mol. The number of aromatic nitrogens is 1. The SMILES string of the molecule is Cc1cccc([C@@H](Cc2ccccc2)Nc2ccccc2S)n1. The summed E-state index contributed by atoms with van der Waals surface area (Å²) in [5.41, 5.74) is 4.39. The molecule has 1 N–H and O–H groups in total. The molecule has 0 saturated carbocycles. The van der Waals surface area contributed by atoms with Gasteiger partial charge in [-0.25, -0.2) is 0 Å². The second-order valence-corrected chi connectivity index (χ2v) is 6.09. The smallest absolute Gasteiger partial charge is 0.0725 e. The van der Waals surface area contributed by atoms with Gasteiger partial charge in [0.1, 0.15) is 0 Å². The van der Waals surface area contributed by atoms with Gasteiger partial charge in [0.15, 0.2) is 0 Å². The van der Waals surface area contributed by atoms with Crippen LogP contribution in [0.5, 0.6) is 0 Å². The molecule has 0 amide bonds. The summed E-state index contributed by atoms with van der Waals surface area (Å²) < 4.78 is 0. The summed E-state index contributed by atoms with van der Waals surface area (Å²) in [6.45, 7) is 2.02. The van der Waals surface area contributed by atoms with E-state index in [0.29, 0.717) is 0 Å². The number of anilines is 1. The van der Waals surface area contributed by atoms with E-state index in [2.05, 4.69) is 60.4 Å². The Kier molecular flexibility index (Phi) is 4.99. The van der Waals surface area contributed by atoms with Crippen LogP contribution >= 0.6 is 12.6 Å². The van der Waals surface area contributed by atoms with Crippen LogP contribution < -0.4 is 5.32 Å². The Bertz CT molecular complexity index is 771. The zero-order chi connectivity index (χ0) is 16.1. The normalized spacial score (nSPS) is 11.9. The monoisotopic (exact) mass is 320 g/mol. The summed E-state index contributed by atoms with van der Waals surface area (Å²) in [4.78, 5) is 5.65. The third-order valence-corrected chi connectivity index (χ3v) is 4.17. The molecule has 3 heteroatoms. The molecule has 0 saturated heterocycles. The lowest BCUT2D eigenvalue weighted by Gasteiger charge is -2.21. The highest BCUT2D eigenvalue weighted by Crippen LogP contribution is 2.26. The van der Waals surface area contributed by atoms with Gasteiger partial charge in [-0.2, -0.15) is 0 Å². The predicted octanol–water partition coefficient (Wildman–Crippen LogP) is 5.07. The third-order valence-electron chi connectivity index (χ3n) is 3.78. The molecule has 3 aromatic rings. The van der Waals surface area contributed by atoms with Crippen LogP contribution in [0.3, 0.4) is 0 Å². The predicted molar refractivity (Wildman–Crippen MR) is 99.2 cm³/mol. The van der Waals surface area contributed by atoms with Crippen molar-refractivity contribution in [2.45, 2.75) is 24.3 Å². The second-order valence-electron chi connectivity index (χ2n) is 5.61. The average Bonchev–Trinajstić information content (AvgIpc) is 2.57. The number of para-hydroxylation sites is 1. The van der Waals surface area contributed by atoms with Crippen LogP contribution in [0.25, 0.3) is 0 Å². The Labute approximate surface area is 143 Å². The van der Waals surface area contributed by atoms with Crippen LogP contribution in [0.4, 0.5) is 5.69 Å². The van der Waals surface area contributed by atoms with Crippen LogP contribution in [-0.2, 0) is 6.42 Å². The number of hydrogen-bond acceptors (Lipinski definition) is 3. The van der Waals surface area contributed by atoms with Crippen LogP contribution in [0.1, 0.15) is 23.0 Å². The molecule has 0 fully saturated rings. The second kappa shape index (κ2) is 7.34. The van der Waals surface area contributed by atoms with Crippen molar-refractivity contribution in [1.82, 2.24) is 4.98 Å². The highest BCUT2D eigenvalue weighted by atomic mass is 32.1. The van der Waals surface area contributed by atoms with E-state index in [1.165, 1.54) is 5.56 Å². The van der Waals surface area contributed by atoms with Crippen molar-refractivity contribution in [1.29, 1.82) is 0 Å². The molecule has 0 radical (unpaired) electrons. The maximum atomic E-state index is 4.71. The molecule has 0 unspecified atom stereocenters. The Hall–Kier alpha value is -2.26. The molecule has 0 aliphatic carbocycles. The largest absolute Gasteiger partial charge is 0.375 e. The van der Waals surface area contributed by atoms with Crippen molar-refractivity contribution in [3.8, 4) is 0 Å². The molecule has 1 heterocycles. The molecule has 116 valence electrons. The fraction of sp³-hybridized carbons (Fsp3) is 0.150. The first-order chi connectivity index (χ1) is 11.2. The van der Waals surface area contributed by atoms with Gasteiger partial charge in [0, 0.05) is 16.3 Å². The maximum absolute atomic E-state index is 4.71. The van der Waals surface area contributed by atoms with Crippen LogP contribution in [0.2, 0.25) is 0 Å². The van der Waals surface area contributed by atoms with Gasteiger partial charge in [-0.05, 0) is 43.2 Å². The summed E-state index contributed by atoms with van der Waals surface area (Å²) in [6.07, 6.45) is 0.874. The van der Waals surface area contributed by atoms with Crippen molar-refractivity contribution in [2.24, 2.45) is 0 Å². The molecule has 1 aromatic heterocycles. The van der Waals surface area contributed by atoms with Crippen molar-refractivity contribution < 1.29 is 0 Å². The van der Waals surface area contributed by atoms with Gasteiger partial charge in [0.2, 0.25) is 0 Å². The first-order valence-electron chi connectivity index (χ1n) is 7.74. The first-order valence-corrected chi connectivity index (χ1v) is 8.19. The number of pyridine rings is 1. The van der Waals surface area contributed by atoms with Gasteiger partial charge in [-0.15, -0.1) is 12.6 Å². The summed E-state index contributed by atoms with van der Waals surface area (Å²) >= 11 is 4.55. The number of aryl methyl sites for hydroxylation is 1. The van der Waals surface area contributed by atoms with E-state index in [1.807, 2.05) is 37.3 Å². The van der Waals surface area contributed by atoms with E-state index < -0.39 is 0 Å². The van der Waals surface area contributed by atoms with Crippen LogP contribution in [-0.4, -0.2) is 4.98 Å². The highest BCUT2D eigenvalue weighted by Gasteiger charge is 2.15. The number of benzene rings is 2. The molecule has 0 aliphatic rings. The van der Waals surface area contributed by atoms with E-state index in [0.717, 1.165) is 28.4 Å². The van der Waals surface area contributed by atoms with E-state index in [4.69, 9.17) is 4.98 Å². The number of thiol groups is 1. The van der Waals surface area contributed by atoms with Crippen molar-refractivity contribution in [3.05, 3.63) is 89.7 Å². The zero-order valence-electron chi connectivity index (χ0n) is 13.1. The molecule has 0 bridgehead atoms. The Morgan fingerprint density at radius 2 is 1.65 bits per heavy atom. The quantitative estimate of drug-likeness (QED) is 0.641. The molecule has 2 aromatic carbocycles. The lowest BCUT2D eigenvalue weighted by Crippen LogP contribution is -2.16. The topological polar surface area (TPSA) is 24.9 Å². The molecule has 0 aliphatic heterocycles. The van der Waals surface area contributed by atoms with Crippen LogP contribution in [0.15, 0.2) is 77.7 Å². The van der Waals surface area contributed by atoms with Gasteiger partial charge in [0.05, 0.1) is 11.7 Å². The minimum absolute atomic E-state index is 0.102. The fourth-order valence-corrected chi connectivity index (χ4v) is 2.85. The Balaban J connectivity index is 1.91. The van der Waals surface area contributed by atoms with Gasteiger partial charge < -0.3 is 5.32 Å². The highest BCUT2D eigenvalue weighted by molar-refractivity contribution is 7.80. The lowest BCUT2D eigenvalue weighted by atomic mass is 10.0. The molecule has 1 atom stereocenters. The van der Waals surface area contributed by atoms with E-state index in [-0.39, 0.29) is 6.04 Å². The molecule has 0 spiro atoms. The first kappa shape index (κ1) is 15.6. The number of hydrogen-bond donors (Lipinski definition) is 2. The minimum atomic E-state index is 0.102. The van der Waals surface area contributed by atoms with Crippen LogP contribution in [0, 0.1) is 6.92 Å². The fourth-order valence-electron chi connectivity index (χ4n) is 2.62. The van der Waals surface area contributed by atoms with E-state index in [1.54, 1.807) is 0 Å². The molecule has 2 nitrogen and oxygen atoms in total. The van der Waals surface area contributed by atoms with Crippen molar-refractivity contribution >= 4 is 18.3 Å². The van der Waals surface area contributed by atoms with E-state index in [9.17, 15) is 0 Å². The third kappa shape index (κ3) is 4.14. The molecular formula is C20H20N2S. The standard InChI is InChI=1S/C20H20N2S/c1-15-8-7-12-17(21-15)19(14-16-9-3-2-4-10-16)22-18-11-5-6-13-20(18)23/h2-13,19,22-23H,14H2,1H3/t19-/m1/s1. The Morgan fingerprint density at radius 1 is 0.913 bits per heavy atom. The zero-order valence-corrected chi connectivity index (χ0v) is 14.0. The number of nitrogens with zero attached hydrogens (tertiary/aromatic N) is 1. The summed E-state index contributed by atoms with van der Waals surface area (Å²) in [5.74, 6) is 0. The van der Waals surface area contributed by atoms with E-state index >= 15 is 0 Å². The number of rotatable bonds is 5. The average molecular weight is 320 g/mol.